The van der Waals surface area contributed by atoms with Crippen molar-refractivity contribution in [1.29, 1.82) is 0 Å². The lowest BCUT2D eigenvalue weighted by atomic mass is 10.0. The molecule has 21 heavy (non-hydrogen) atoms. The van der Waals surface area contributed by atoms with Crippen molar-refractivity contribution in [1.82, 2.24) is 19.5 Å². The van der Waals surface area contributed by atoms with Crippen LogP contribution < -0.4 is 11.2 Å². The number of hydrogen-bond acceptors (Lipinski definition) is 4. The fourth-order valence-electron chi connectivity index (χ4n) is 2.85. The van der Waals surface area contributed by atoms with E-state index in [2.05, 4.69) is 15.0 Å². The van der Waals surface area contributed by atoms with Gasteiger partial charge in [0, 0.05) is 6.20 Å². The van der Waals surface area contributed by atoms with E-state index in [1.54, 1.807) is 12.3 Å². The second kappa shape index (κ2) is 5.81. The number of nitrogens with zero attached hydrogens (tertiary/aromatic N) is 3. The maximum absolute atomic E-state index is 12.6. The van der Waals surface area contributed by atoms with Crippen LogP contribution in [0.25, 0.3) is 0 Å². The highest BCUT2D eigenvalue weighted by atomic mass is 35.5. The highest BCUT2D eigenvalue weighted by molar-refractivity contribution is 6.30. The Morgan fingerprint density at radius 3 is 2.76 bits per heavy atom. The normalized spacial score (nSPS) is 15.5. The molecule has 0 unspecified atom stereocenters. The van der Waals surface area contributed by atoms with E-state index in [4.69, 9.17) is 11.6 Å². The first-order valence-electron chi connectivity index (χ1n) is 6.94. The van der Waals surface area contributed by atoms with Gasteiger partial charge in [0.15, 0.2) is 0 Å². The minimum atomic E-state index is -0.509. The van der Waals surface area contributed by atoms with Gasteiger partial charge in [0.05, 0.1) is 17.8 Å². The fourth-order valence-corrected chi connectivity index (χ4v) is 3.16. The molecule has 0 aromatic carbocycles. The van der Waals surface area contributed by atoms with E-state index in [1.807, 2.05) is 0 Å². The second-order valence-corrected chi connectivity index (χ2v) is 5.61. The molecule has 1 aliphatic rings. The van der Waals surface area contributed by atoms with Crippen LogP contribution in [0.15, 0.2) is 28.2 Å². The first kappa shape index (κ1) is 14.0. The number of aromatic nitrogens is 4. The standard InChI is InChI=1S/C14H15ClN4O2/c15-12-11(9-3-1-2-4-9)13(20)19(14(21)18-12)7-10-5-6-16-8-17-10/h5-6,8-9H,1-4,7H2,(H,18,21). The Morgan fingerprint density at radius 1 is 1.33 bits per heavy atom. The molecule has 1 saturated carbocycles. The maximum atomic E-state index is 12.6. The number of H-pyrrole nitrogens is 1. The minimum absolute atomic E-state index is 0.119. The van der Waals surface area contributed by atoms with Crippen molar-refractivity contribution in [2.75, 3.05) is 0 Å². The van der Waals surface area contributed by atoms with Gasteiger partial charge in [-0.2, -0.15) is 0 Å². The van der Waals surface area contributed by atoms with Crippen LogP contribution in [-0.2, 0) is 6.54 Å². The van der Waals surface area contributed by atoms with Crippen molar-refractivity contribution < 1.29 is 0 Å². The van der Waals surface area contributed by atoms with Crippen LogP contribution in [0.4, 0.5) is 0 Å². The molecule has 3 rings (SSSR count). The number of nitrogens with one attached hydrogen (secondary N) is 1. The topological polar surface area (TPSA) is 80.6 Å². The summed E-state index contributed by atoms with van der Waals surface area (Å²) >= 11 is 6.10. The van der Waals surface area contributed by atoms with Crippen molar-refractivity contribution in [3.63, 3.8) is 0 Å². The third kappa shape index (κ3) is 2.76. The highest BCUT2D eigenvalue weighted by Gasteiger charge is 2.25. The Bertz CT molecular complexity index is 748. The first-order valence-corrected chi connectivity index (χ1v) is 7.32. The van der Waals surface area contributed by atoms with Gasteiger partial charge < -0.3 is 0 Å². The molecule has 2 aromatic rings. The van der Waals surface area contributed by atoms with Crippen molar-refractivity contribution in [3.8, 4) is 0 Å². The predicted octanol–water partition coefficient (Wildman–Crippen LogP) is 1.69. The summed E-state index contributed by atoms with van der Waals surface area (Å²) in [7, 11) is 0. The molecule has 2 heterocycles. The Balaban J connectivity index is 2.06. The van der Waals surface area contributed by atoms with Crippen LogP contribution in [-0.4, -0.2) is 19.5 Å². The molecule has 6 nitrogen and oxygen atoms in total. The number of halogens is 1. The van der Waals surface area contributed by atoms with Crippen molar-refractivity contribution in [3.05, 3.63) is 55.8 Å². The van der Waals surface area contributed by atoms with E-state index >= 15 is 0 Å². The Labute approximate surface area is 125 Å². The molecule has 0 atom stereocenters. The lowest BCUT2D eigenvalue weighted by Gasteiger charge is -2.13. The van der Waals surface area contributed by atoms with Gasteiger partial charge in [0.1, 0.15) is 11.5 Å². The average molecular weight is 307 g/mol. The first-order chi connectivity index (χ1) is 10.2. The van der Waals surface area contributed by atoms with Gasteiger partial charge in [-0.05, 0) is 24.8 Å². The second-order valence-electron chi connectivity index (χ2n) is 5.23. The molecule has 0 spiro atoms. The van der Waals surface area contributed by atoms with Crippen LogP contribution >= 0.6 is 11.6 Å². The van der Waals surface area contributed by atoms with Crippen LogP contribution in [0.2, 0.25) is 5.15 Å². The Hall–Kier alpha value is -1.95. The summed E-state index contributed by atoms with van der Waals surface area (Å²) in [5.74, 6) is 0.137. The molecule has 0 saturated heterocycles. The monoisotopic (exact) mass is 306 g/mol. The largest absolute Gasteiger partial charge is 0.329 e. The predicted molar refractivity (Wildman–Crippen MR) is 78.7 cm³/mol. The number of hydrogen-bond donors (Lipinski definition) is 1. The summed E-state index contributed by atoms with van der Waals surface area (Å²) in [5.41, 5.74) is 0.319. The lowest BCUT2D eigenvalue weighted by Crippen LogP contribution is -2.38. The summed E-state index contributed by atoms with van der Waals surface area (Å²) < 4.78 is 1.15. The maximum Gasteiger partial charge on any atom is 0.329 e. The summed E-state index contributed by atoms with van der Waals surface area (Å²) in [6, 6.07) is 1.68. The Kier molecular flexibility index (Phi) is 3.88. The fraction of sp³-hybridized carbons (Fsp3) is 0.429. The van der Waals surface area contributed by atoms with Crippen LogP contribution in [0.3, 0.4) is 0 Å². The molecule has 0 radical (unpaired) electrons. The van der Waals surface area contributed by atoms with Crippen molar-refractivity contribution >= 4 is 11.6 Å². The zero-order chi connectivity index (χ0) is 14.8. The highest BCUT2D eigenvalue weighted by Crippen LogP contribution is 2.34. The van der Waals surface area contributed by atoms with Gasteiger partial charge >= 0.3 is 5.69 Å². The molecule has 1 N–H and O–H groups in total. The summed E-state index contributed by atoms with van der Waals surface area (Å²) in [6.07, 6.45) is 7.03. The molecule has 7 heteroatoms. The lowest BCUT2D eigenvalue weighted by molar-refractivity contribution is 0.634. The molecule has 1 aliphatic carbocycles. The Morgan fingerprint density at radius 2 is 2.10 bits per heavy atom. The number of aromatic amines is 1. The van der Waals surface area contributed by atoms with Gasteiger partial charge in [-0.15, -0.1) is 0 Å². The van der Waals surface area contributed by atoms with E-state index in [9.17, 15) is 9.59 Å². The van der Waals surface area contributed by atoms with Gasteiger partial charge in [-0.25, -0.2) is 14.8 Å². The molecule has 0 bridgehead atoms. The zero-order valence-electron chi connectivity index (χ0n) is 11.4. The quantitative estimate of drug-likeness (QED) is 0.875. The van der Waals surface area contributed by atoms with Crippen LogP contribution in [0.5, 0.6) is 0 Å². The van der Waals surface area contributed by atoms with Crippen LogP contribution in [0, 0.1) is 0 Å². The number of rotatable bonds is 3. The summed E-state index contributed by atoms with van der Waals surface area (Å²) in [6.45, 7) is 0.119. The van der Waals surface area contributed by atoms with Crippen molar-refractivity contribution in [2.45, 2.75) is 38.1 Å². The average Bonchev–Trinajstić information content (AvgIpc) is 2.98. The molecule has 0 amide bonds. The van der Waals surface area contributed by atoms with E-state index in [1.165, 1.54) is 6.33 Å². The smallest absolute Gasteiger partial charge is 0.297 e. The summed E-state index contributed by atoms with van der Waals surface area (Å²) in [5, 5.41) is 0.177. The third-order valence-electron chi connectivity index (χ3n) is 3.90. The molecule has 2 aromatic heterocycles. The molecule has 110 valence electrons. The molecular weight excluding hydrogens is 292 g/mol. The van der Waals surface area contributed by atoms with Gasteiger partial charge in [0.2, 0.25) is 0 Å². The zero-order valence-corrected chi connectivity index (χ0v) is 12.1. The van der Waals surface area contributed by atoms with Gasteiger partial charge in [-0.1, -0.05) is 24.4 Å². The summed E-state index contributed by atoms with van der Waals surface area (Å²) in [4.78, 5) is 35.1. The van der Waals surface area contributed by atoms with Crippen molar-refractivity contribution in [2.24, 2.45) is 0 Å². The van der Waals surface area contributed by atoms with Gasteiger partial charge in [-0.3, -0.25) is 14.3 Å². The molecule has 1 fully saturated rings. The minimum Gasteiger partial charge on any atom is -0.297 e. The van der Waals surface area contributed by atoms with E-state index in [0.717, 1.165) is 30.3 Å². The SMILES string of the molecule is O=c1[nH]c(Cl)c(C2CCCC2)c(=O)n1Cc1ccncn1. The van der Waals surface area contributed by atoms with Crippen LogP contribution in [0.1, 0.15) is 42.9 Å². The third-order valence-corrected chi connectivity index (χ3v) is 4.20. The molecule has 0 aliphatic heterocycles. The molecular formula is C14H15ClN4O2. The van der Waals surface area contributed by atoms with E-state index in [-0.39, 0.29) is 23.2 Å². The van der Waals surface area contributed by atoms with Gasteiger partial charge in [0.25, 0.3) is 5.56 Å². The van der Waals surface area contributed by atoms with E-state index in [0.29, 0.717) is 11.3 Å². The van der Waals surface area contributed by atoms with E-state index < -0.39 is 5.69 Å².